The van der Waals surface area contributed by atoms with Crippen molar-refractivity contribution in [1.82, 2.24) is 0 Å². The highest BCUT2D eigenvalue weighted by Crippen LogP contribution is 2.62. The van der Waals surface area contributed by atoms with Crippen molar-refractivity contribution in [3.63, 3.8) is 0 Å². The molecule has 0 aromatic carbocycles. The molecule has 0 aromatic rings. The van der Waals surface area contributed by atoms with Crippen LogP contribution in [0.2, 0.25) is 0 Å². The third kappa shape index (κ3) is 1.47. The van der Waals surface area contributed by atoms with Gasteiger partial charge in [0, 0.05) is 6.04 Å². The lowest BCUT2D eigenvalue weighted by Gasteiger charge is -2.48. The Bertz CT molecular complexity index is 256. The topological polar surface area (TPSA) is 26.0 Å². The van der Waals surface area contributed by atoms with Gasteiger partial charge in [0.1, 0.15) is 0 Å². The smallest absolute Gasteiger partial charge is 0.0127 e. The van der Waals surface area contributed by atoms with Gasteiger partial charge in [0.15, 0.2) is 0 Å². The lowest BCUT2D eigenvalue weighted by Crippen LogP contribution is -2.48. The predicted octanol–water partition coefficient (Wildman–Crippen LogP) is 3.72. The Balaban J connectivity index is 1.77. The number of nitrogens with two attached hydrogens (primary N) is 1. The molecule has 16 heavy (non-hydrogen) atoms. The van der Waals surface area contributed by atoms with Gasteiger partial charge in [0.25, 0.3) is 0 Å². The molecule has 92 valence electrons. The summed E-state index contributed by atoms with van der Waals surface area (Å²) in [7, 11) is 0. The molecule has 3 rings (SSSR count). The number of rotatable bonds is 2. The molecular weight excluding hydrogens is 194 g/mol. The average molecular weight is 221 g/mol. The number of fused-ring (bicyclic) bond motifs is 3. The van der Waals surface area contributed by atoms with Gasteiger partial charge in [0.2, 0.25) is 0 Å². The van der Waals surface area contributed by atoms with E-state index in [1.165, 1.54) is 57.8 Å². The Kier molecular flexibility index (Phi) is 2.78. The first kappa shape index (κ1) is 11.1. The van der Waals surface area contributed by atoms with E-state index in [-0.39, 0.29) is 0 Å². The molecule has 0 heterocycles. The van der Waals surface area contributed by atoms with E-state index in [1.54, 1.807) is 0 Å². The third-order valence-corrected chi connectivity index (χ3v) is 6.08. The van der Waals surface area contributed by atoms with Gasteiger partial charge in [-0.05, 0) is 55.3 Å². The van der Waals surface area contributed by atoms with Gasteiger partial charge in [-0.1, -0.05) is 32.6 Å². The quantitative estimate of drug-likeness (QED) is 0.755. The Morgan fingerprint density at radius 2 is 2.12 bits per heavy atom. The fourth-order valence-corrected chi connectivity index (χ4v) is 5.40. The van der Waals surface area contributed by atoms with E-state index in [2.05, 4.69) is 6.92 Å². The van der Waals surface area contributed by atoms with Crippen molar-refractivity contribution in [2.75, 3.05) is 0 Å². The van der Waals surface area contributed by atoms with Crippen molar-refractivity contribution < 1.29 is 0 Å². The fraction of sp³-hybridized carbons (Fsp3) is 1.00. The van der Waals surface area contributed by atoms with Crippen molar-refractivity contribution in [2.45, 2.75) is 70.8 Å². The van der Waals surface area contributed by atoms with Gasteiger partial charge >= 0.3 is 0 Å². The van der Waals surface area contributed by atoms with Crippen molar-refractivity contribution in [3.8, 4) is 0 Å². The molecule has 5 atom stereocenters. The van der Waals surface area contributed by atoms with Crippen LogP contribution >= 0.6 is 0 Å². The highest BCUT2D eigenvalue weighted by atomic mass is 14.8. The maximum absolute atomic E-state index is 6.59. The monoisotopic (exact) mass is 221 g/mol. The lowest BCUT2D eigenvalue weighted by molar-refractivity contribution is 0.0456. The molecule has 2 bridgehead atoms. The van der Waals surface area contributed by atoms with Crippen molar-refractivity contribution in [3.05, 3.63) is 0 Å². The van der Waals surface area contributed by atoms with Gasteiger partial charge in [-0.15, -0.1) is 0 Å². The zero-order valence-electron chi connectivity index (χ0n) is 10.8. The molecule has 1 nitrogen and oxygen atoms in total. The molecule has 3 aliphatic rings. The molecule has 0 amide bonds. The summed E-state index contributed by atoms with van der Waals surface area (Å²) in [6.07, 6.45) is 13.1. The van der Waals surface area contributed by atoms with Crippen LogP contribution in [0.15, 0.2) is 0 Å². The Labute approximate surface area is 100 Å². The minimum Gasteiger partial charge on any atom is -0.327 e. The summed E-state index contributed by atoms with van der Waals surface area (Å²) in [6, 6.07) is 0.561. The second-order valence-electron chi connectivity index (χ2n) is 6.78. The molecule has 0 saturated heterocycles. The second-order valence-corrected chi connectivity index (χ2v) is 6.78. The van der Waals surface area contributed by atoms with E-state index in [9.17, 15) is 0 Å². The molecule has 3 fully saturated rings. The second kappa shape index (κ2) is 4.01. The summed E-state index contributed by atoms with van der Waals surface area (Å²) >= 11 is 0. The van der Waals surface area contributed by atoms with Crippen LogP contribution in [0.3, 0.4) is 0 Å². The van der Waals surface area contributed by atoms with Crippen LogP contribution in [0.5, 0.6) is 0 Å². The first-order chi connectivity index (χ1) is 7.76. The van der Waals surface area contributed by atoms with Crippen molar-refractivity contribution in [1.29, 1.82) is 0 Å². The van der Waals surface area contributed by atoms with Crippen LogP contribution in [-0.4, -0.2) is 6.04 Å². The van der Waals surface area contributed by atoms with Gasteiger partial charge < -0.3 is 5.73 Å². The molecule has 0 aliphatic heterocycles. The minimum atomic E-state index is 0.561. The van der Waals surface area contributed by atoms with Crippen LogP contribution in [-0.2, 0) is 0 Å². The summed E-state index contributed by atoms with van der Waals surface area (Å²) in [5, 5.41) is 0. The Morgan fingerprint density at radius 1 is 1.25 bits per heavy atom. The SMILES string of the molecule is CCC[C@@H]1CCC[C@@]2(C1)[C@H]1CCC(C1)[C@@H]2N. The van der Waals surface area contributed by atoms with Crippen LogP contribution in [0.1, 0.15) is 64.7 Å². The molecule has 3 saturated carbocycles. The molecule has 2 N–H and O–H groups in total. The molecule has 0 aromatic heterocycles. The van der Waals surface area contributed by atoms with Crippen LogP contribution in [0.25, 0.3) is 0 Å². The summed E-state index contributed by atoms with van der Waals surface area (Å²) in [5.74, 6) is 2.90. The first-order valence-electron chi connectivity index (χ1n) is 7.52. The van der Waals surface area contributed by atoms with Crippen LogP contribution in [0, 0.1) is 23.2 Å². The summed E-state index contributed by atoms with van der Waals surface area (Å²) < 4.78 is 0. The summed E-state index contributed by atoms with van der Waals surface area (Å²) in [6.45, 7) is 2.34. The summed E-state index contributed by atoms with van der Waals surface area (Å²) in [5.41, 5.74) is 7.19. The van der Waals surface area contributed by atoms with Crippen molar-refractivity contribution >= 4 is 0 Å². The molecule has 0 radical (unpaired) electrons. The molecular formula is C15H27N. The maximum atomic E-state index is 6.59. The largest absolute Gasteiger partial charge is 0.327 e. The van der Waals surface area contributed by atoms with E-state index < -0.39 is 0 Å². The highest BCUT2D eigenvalue weighted by Gasteiger charge is 2.57. The summed E-state index contributed by atoms with van der Waals surface area (Å²) in [4.78, 5) is 0. The predicted molar refractivity (Wildman–Crippen MR) is 68.1 cm³/mol. The normalized spacial score (nSPS) is 51.4. The average Bonchev–Trinajstić information content (AvgIpc) is 2.84. The molecule has 1 heteroatoms. The highest BCUT2D eigenvalue weighted by molar-refractivity contribution is 5.09. The van der Waals surface area contributed by atoms with Gasteiger partial charge in [0.05, 0.1) is 0 Å². The van der Waals surface area contributed by atoms with E-state index in [0.717, 1.165) is 17.8 Å². The minimum absolute atomic E-state index is 0.561. The van der Waals surface area contributed by atoms with Crippen molar-refractivity contribution in [2.24, 2.45) is 28.9 Å². The first-order valence-corrected chi connectivity index (χ1v) is 7.52. The number of hydrogen-bond donors (Lipinski definition) is 1. The standard InChI is InChI=1S/C15H27N/c1-2-4-11-5-3-8-15(10-11)13-7-6-12(9-13)14(15)16/h11-14H,2-10,16H2,1H3/t11-,12?,13+,14+,15-/m1/s1. The van der Waals surface area contributed by atoms with Crippen LogP contribution < -0.4 is 5.73 Å². The zero-order valence-corrected chi connectivity index (χ0v) is 10.8. The van der Waals surface area contributed by atoms with Gasteiger partial charge in [-0.2, -0.15) is 0 Å². The van der Waals surface area contributed by atoms with E-state index >= 15 is 0 Å². The number of hydrogen-bond acceptors (Lipinski definition) is 1. The molecule has 1 unspecified atom stereocenters. The van der Waals surface area contributed by atoms with E-state index in [0.29, 0.717) is 11.5 Å². The molecule has 3 aliphatic carbocycles. The van der Waals surface area contributed by atoms with E-state index in [4.69, 9.17) is 5.73 Å². The Morgan fingerprint density at radius 3 is 2.81 bits per heavy atom. The zero-order chi connectivity index (χ0) is 11.2. The Hall–Kier alpha value is -0.0400. The third-order valence-electron chi connectivity index (χ3n) is 6.08. The van der Waals surface area contributed by atoms with Gasteiger partial charge in [-0.3, -0.25) is 0 Å². The van der Waals surface area contributed by atoms with Crippen LogP contribution in [0.4, 0.5) is 0 Å². The fourth-order valence-electron chi connectivity index (χ4n) is 5.40. The lowest BCUT2D eigenvalue weighted by atomic mass is 9.59. The molecule has 1 spiro atoms. The maximum Gasteiger partial charge on any atom is 0.0127 e. The van der Waals surface area contributed by atoms with E-state index in [1.807, 2.05) is 0 Å². The van der Waals surface area contributed by atoms with Gasteiger partial charge in [-0.25, -0.2) is 0 Å².